The number of anilines is 1. The van der Waals surface area contributed by atoms with Gasteiger partial charge < -0.3 is 10.2 Å². The number of aromatic nitrogens is 2. The SMILES string of the molecule is CCNC1CC2CCC(C1)N2c1ccn(C)n1. The molecule has 0 aromatic carbocycles. The lowest BCUT2D eigenvalue weighted by atomic mass is 9.97. The Morgan fingerprint density at radius 2 is 2.06 bits per heavy atom. The standard InChI is InChI=1S/C13H22N4/c1-3-14-10-8-11-4-5-12(9-10)17(11)13-6-7-16(2)15-13/h6-7,10-12,14H,3-5,8-9H2,1-2H3. The van der Waals surface area contributed by atoms with Crippen molar-refractivity contribution in [2.45, 2.75) is 50.7 Å². The van der Waals surface area contributed by atoms with Crippen molar-refractivity contribution in [3.8, 4) is 0 Å². The van der Waals surface area contributed by atoms with Crippen LogP contribution in [0.25, 0.3) is 0 Å². The van der Waals surface area contributed by atoms with Crippen molar-refractivity contribution in [3.05, 3.63) is 12.3 Å². The van der Waals surface area contributed by atoms with E-state index in [0.717, 1.165) is 12.6 Å². The van der Waals surface area contributed by atoms with E-state index < -0.39 is 0 Å². The van der Waals surface area contributed by atoms with Crippen molar-refractivity contribution in [2.24, 2.45) is 7.05 Å². The first-order valence-electron chi connectivity index (χ1n) is 6.79. The number of hydrogen-bond acceptors (Lipinski definition) is 3. The summed E-state index contributed by atoms with van der Waals surface area (Å²) in [5, 5.41) is 8.18. The van der Waals surface area contributed by atoms with Crippen LogP contribution in [-0.4, -0.2) is 34.5 Å². The highest BCUT2D eigenvalue weighted by Gasteiger charge is 2.41. The van der Waals surface area contributed by atoms with Gasteiger partial charge in [0.15, 0.2) is 5.82 Å². The molecule has 3 heterocycles. The first kappa shape index (κ1) is 11.1. The summed E-state index contributed by atoms with van der Waals surface area (Å²) >= 11 is 0. The molecule has 0 spiro atoms. The monoisotopic (exact) mass is 234 g/mol. The largest absolute Gasteiger partial charge is 0.349 e. The maximum absolute atomic E-state index is 4.57. The molecule has 4 heteroatoms. The Labute approximate surface area is 103 Å². The van der Waals surface area contributed by atoms with Crippen molar-refractivity contribution in [1.29, 1.82) is 0 Å². The number of fused-ring (bicyclic) bond motifs is 2. The van der Waals surface area contributed by atoms with E-state index in [1.807, 2.05) is 17.9 Å². The maximum atomic E-state index is 4.57. The Morgan fingerprint density at radius 3 is 2.59 bits per heavy atom. The summed E-state index contributed by atoms with van der Waals surface area (Å²) in [6, 6.07) is 4.27. The van der Waals surface area contributed by atoms with Gasteiger partial charge in [0.1, 0.15) is 0 Å². The van der Waals surface area contributed by atoms with Gasteiger partial charge in [-0.3, -0.25) is 4.68 Å². The van der Waals surface area contributed by atoms with E-state index in [0.29, 0.717) is 12.1 Å². The van der Waals surface area contributed by atoms with E-state index in [2.05, 4.69) is 28.3 Å². The number of piperidine rings is 1. The fourth-order valence-electron chi connectivity index (χ4n) is 3.55. The van der Waals surface area contributed by atoms with Crippen molar-refractivity contribution < 1.29 is 0 Å². The average molecular weight is 234 g/mol. The van der Waals surface area contributed by atoms with Crippen molar-refractivity contribution in [1.82, 2.24) is 15.1 Å². The van der Waals surface area contributed by atoms with Gasteiger partial charge in [-0.15, -0.1) is 0 Å². The van der Waals surface area contributed by atoms with Crippen molar-refractivity contribution in [3.63, 3.8) is 0 Å². The van der Waals surface area contributed by atoms with Gasteiger partial charge in [0.25, 0.3) is 0 Å². The van der Waals surface area contributed by atoms with Crippen LogP contribution in [0.2, 0.25) is 0 Å². The molecule has 2 aliphatic heterocycles. The molecule has 2 fully saturated rings. The minimum atomic E-state index is 0.702. The highest BCUT2D eigenvalue weighted by atomic mass is 15.4. The molecular weight excluding hydrogens is 212 g/mol. The van der Waals surface area contributed by atoms with Crippen LogP contribution >= 0.6 is 0 Å². The van der Waals surface area contributed by atoms with Gasteiger partial charge in [-0.05, 0) is 32.2 Å². The molecule has 1 aromatic heterocycles. The third kappa shape index (κ3) is 1.95. The van der Waals surface area contributed by atoms with Gasteiger partial charge in [0.05, 0.1) is 0 Å². The van der Waals surface area contributed by atoms with Crippen LogP contribution in [0.5, 0.6) is 0 Å². The second kappa shape index (κ2) is 4.33. The smallest absolute Gasteiger partial charge is 0.151 e. The molecule has 0 saturated carbocycles. The zero-order valence-electron chi connectivity index (χ0n) is 10.8. The molecule has 2 saturated heterocycles. The Kier molecular flexibility index (Phi) is 2.82. The lowest BCUT2D eigenvalue weighted by Crippen LogP contribution is -2.49. The molecule has 2 atom stereocenters. The second-order valence-corrected chi connectivity index (χ2v) is 5.37. The number of aryl methyl sites for hydroxylation is 1. The first-order valence-corrected chi connectivity index (χ1v) is 6.79. The fourth-order valence-corrected chi connectivity index (χ4v) is 3.55. The van der Waals surface area contributed by atoms with E-state index in [-0.39, 0.29) is 0 Å². The molecule has 0 radical (unpaired) electrons. The number of nitrogens with zero attached hydrogens (tertiary/aromatic N) is 3. The van der Waals surface area contributed by atoms with Gasteiger partial charge in [-0.25, -0.2) is 0 Å². The van der Waals surface area contributed by atoms with Gasteiger partial charge >= 0.3 is 0 Å². The molecule has 2 aliphatic rings. The molecule has 1 N–H and O–H groups in total. The highest BCUT2D eigenvalue weighted by Crippen LogP contribution is 2.38. The summed E-state index contributed by atoms with van der Waals surface area (Å²) in [6.07, 6.45) is 7.28. The molecule has 2 unspecified atom stereocenters. The summed E-state index contributed by atoms with van der Waals surface area (Å²) in [7, 11) is 2.00. The van der Waals surface area contributed by atoms with E-state index in [1.165, 1.54) is 31.5 Å². The predicted molar refractivity (Wildman–Crippen MR) is 69.2 cm³/mol. The van der Waals surface area contributed by atoms with Crippen LogP contribution in [0.15, 0.2) is 12.3 Å². The summed E-state index contributed by atoms with van der Waals surface area (Å²) in [6.45, 7) is 3.29. The topological polar surface area (TPSA) is 33.1 Å². The minimum Gasteiger partial charge on any atom is -0.349 e. The van der Waals surface area contributed by atoms with E-state index in [4.69, 9.17) is 0 Å². The normalized spacial score (nSPS) is 32.1. The van der Waals surface area contributed by atoms with Crippen molar-refractivity contribution in [2.75, 3.05) is 11.4 Å². The number of nitrogens with one attached hydrogen (secondary N) is 1. The summed E-state index contributed by atoms with van der Waals surface area (Å²) in [4.78, 5) is 2.56. The minimum absolute atomic E-state index is 0.702. The van der Waals surface area contributed by atoms with E-state index >= 15 is 0 Å². The van der Waals surface area contributed by atoms with Gasteiger partial charge in [0.2, 0.25) is 0 Å². The summed E-state index contributed by atoms with van der Waals surface area (Å²) < 4.78 is 1.91. The van der Waals surface area contributed by atoms with Crippen LogP contribution in [0.1, 0.15) is 32.6 Å². The third-order valence-electron chi connectivity index (χ3n) is 4.19. The van der Waals surface area contributed by atoms with Gasteiger partial charge in [0, 0.05) is 37.4 Å². The molecule has 4 nitrogen and oxygen atoms in total. The Bertz CT molecular complexity index is 373. The second-order valence-electron chi connectivity index (χ2n) is 5.37. The maximum Gasteiger partial charge on any atom is 0.151 e. The van der Waals surface area contributed by atoms with Crippen LogP contribution in [0, 0.1) is 0 Å². The quantitative estimate of drug-likeness (QED) is 0.861. The molecule has 1 aromatic rings. The average Bonchev–Trinajstić information content (AvgIpc) is 2.81. The fraction of sp³-hybridized carbons (Fsp3) is 0.769. The number of hydrogen-bond donors (Lipinski definition) is 1. The summed E-state index contributed by atoms with van der Waals surface area (Å²) in [5.74, 6) is 1.18. The van der Waals surface area contributed by atoms with E-state index in [1.54, 1.807) is 0 Å². The lowest BCUT2D eigenvalue weighted by molar-refractivity contribution is 0.359. The third-order valence-corrected chi connectivity index (χ3v) is 4.19. The van der Waals surface area contributed by atoms with Crippen LogP contribution < -0.4 is 10.2 Å². The Hall–Kier alpha value is -1.03. The van der Waals surface area contributed by atoms with Crippen LogP contribution in [0.3, 0.4) is 0 Å². The Balaban J connectivity index is 1.76. The molecule has 94 valence electrons. The lowest BCUT2D eigenvalue weighted by Gasteiger charge is -2.39. The molecule has 0 amide bonds. The zero-order valence-corrected chi connectivity index (χ0v) is 10.8. The molecule has 0 aliphatic carbocycles. The highest BCUT2D eigenvalue weighted by molar-refractivity contribution is 5.43. The summed E-state index contributed by atoms with van der Waals surface area (Å²) in [5.41, 5.74) is 0. The van der Waals surface area contributed by atoms with Gasteiger partial charge in [-0.1, -0.05) is 6.92 Å². The zero-order chi connectivity index (χ0) is 11.8. The predicted octanol–water partition coefficient (Wildman–Crippen LogP) is 1.53. The van der Waals surface area contributed by atoms with Crippen LogP contribution in [-0.2, 0) is 7.05 Å². The molecule has 2 bridgehead atoms. The van der Waals surface area contributed by atoms with Crippen LogP contribution in [0.4, 0.5) is 5.82 Å². The first-order chi connectivity index (χ1) is 8.28. The van der Waals surface area contributed by atoms with Gasteiger partial charge in [-0.2, -0.15) is 5.10 Å². The van der Waals surface area contributed by atoms with E-state index in [9.17, 15) is 0 Å². The van der Waals surface area contributed by atoms with Crippen molar-refractivity contribution >= 4 is 5.82 Å². The Morgan fingerprint density at radius 1 is 1.35 bits per heavy atom. The number of rotatable bonds is 3. The molecule has 3 rings (SSSR count). The molecule has 17 heavy (non-hydrogen) atoms. The molecular formula is C13H22N4.